The molecule has 80 valence electrons. The van der Waals surface area contributed by atoms with Crippen molar-refractivity contribution in [2.75, 3.05) is 5.73 Å². The predicted molar refractivity (Wildman–Crippen MR) is 62.1 cm³/mol. The van der Waals surface area contributed by atoms with E-state index in [1.54, 1.807) is 6.07 Å². The minimum Gasteiger partial charge on any atom is -0.396 e. The van der Waals surface area contributed by atoms with Gasteiger partial charge in [0.1, 0.15) is 5.82 Å². The molecule has 0 aliphatic rings. The fourth-order valence-electron chi connectivity index (χ4n) is 1.37. The summed E-state index contributed by atoms with van der Waals surface area (Å²) in [5.41, 5.74) is 6.32. The Morgan fingerprint density at radius 3 is 2.87 bits per heavy atom. The van der Waals surface area contributed by atoms with E-state index in [9.17, 15) is 9.18 Å². The standard InChI is InChI=1S/C11H15BFNO/c1-2-3-4-11(15)12-8-5-6-10(14)9(13)7-8/h5-7,12H,2-4,14H2,1H3. The van der Waals surface area contributed by atoms with Crippen LogP contribution in [0.3, 0.4) is 0 Å². The Kier molecular flexibility index (Phi) is 4.34. The lowest BCUT2D eigenvalue weighted by molar-refractivity contribution is -0.112. The van der Waals surface area contributed by atoms with E-state index >= 15 is 0 Å². The number of unbranched alkanes of at least 4 members (excludes halogenated alkanes) is 1. The van der Waals surface area contributed by atoms with Crippen LogP contribution in [-0.4, -0.2) is 13.0 Å². The maximum absolute atomic E-state index is 13.0. The van der Waals surface area contributed by atoms with E-state index in [1.807, 2.05) is 6.92 Å². The lowest BCUT2D eigenvalue weighted by Gasteiger charge is -2.01. The molecule has 0 aliphatic carbocycles. The van der Waals surface area contributed by atoms with Gasteiger partial charge < -0.3 is 10.5 Å². The summed E-state index contributed by atoms with van der Waals surface area (Å²) < 4.78 is 13.0. The molecule has 1 aromatic rings. The molecule has 0 bridgehead atoms. The molecule has 0 saturated carbocycles. The van der Waals surface area contributed by atoms with Gasteiger partial charge in [0.2, 0.25) is 7.28 Å². The minimum atomic E-state index is -0.448. The van der Waals surface area contributed by atoms with E-state index in [2.05, 4.69) is 0 Å². The summed E-state index contributed by atoms with van der Waals surface area (Å²) in [6, 6.07) is 4.53. The first-order valence-electron chi connectivity index (χ1n) is 5.19. The highest BCUT2D eigenvalue weighted by atomic mass is 19.1. The summed E-state index contributed by atoms with van der Waals surface area (Å²) in [6.07, 6.45) is 2.47. The molecule has 0 aromatic heterocycles. The van der Waals surface area contributed by atoms with E-state index in [0.29, 0.717) is 19.2 Å². The molecule has 0 amide bonds. The normalized spacial score (nSPS) is 10.0. The first kappa shape index (κ1) is 11.8. The maximum atomic E-state index is 13.0. The molecule has 0 heterocycles. The lowest BCUT2D eigenvalue weighted by atomic mass is 9.65. The molecule has 0 unspecified atom stereocenters. The zero-order valence-corrected chi connectivity index (χ0v) is 8.92. The second-order valence-electron chi connectivity index (χ2n) is 3.67. The third-order valence-corrected chi connectivity index (χ3v) is 2.28. The molecular formula is C11H15BFNO. The van der Waals surface area contributed by atoms with Crippen molar-refractivity contribution in [3.63, 3.8) is 0 Å². The van der Waals surface area contributed by atoms with Crippen LogP contribution in [0, 0.1) is 5.82 Å². The molecule has 4 heteroatoms. The summed E-state index contributed by atoms with van der Waals surface area (Å²) >= 11 is 0. The molecule has 0 radical (unpaired) electrons. The van der Waals surface area contributed by atoms with Crippen molar-refractivity contribution < 1.29 is 9.18 Å². The Hall–Kier alpha value is -1.32. The summed E-state index contributed by atoms with van der Waals surface area (Å²) in [5.74, 6) is -0.448. The fraction of sp³-hybridized carbons (Fsp3) is 0.364. The van der Waals surface area contributed by atoms with Gasteiger partial charge in [-0.3, -0.25) is 0 Å². The SMILES string of the molecule is CCCCC(=O)Bc1ccc(N)c(F)c1. The molecule has 0 spiro atoms. The number of carbonyl (C=O) groups is 1. The summed E-state index contributed by atoms with van der Waals surface area (Å²) in [7, 11) is 0.303. The Morgan fingerprint density at radius 1 is 1.53 bits per heavy atom. The van der Waals surface area contributed by atoms with Crippen molar-refractivity contribution in [3.8, 4) is 0 Å². The van der Waals surface area contributed by atoms with Crippen molar-refractivity contribution in [3.05, 3.63) is 24.0 Å². The van der Waals surface area contributed by atoms with Crippen molar-refractivity contribution in [1.29, 1.82) is 0 Å². The first-order valence-corrected chi connectivity index (χ1v) is 5.19. The zero-order chi connectivity index (χ0) is 11.3. The maximum Gasteiger partial charge on any atom is 0.239 e. The molecule has 0 fully saturated rings. The van der Waals surface area contributed by atoms with Gasteiger partial charge in [-0.05, 0) is 25.0 Å². The van der Waals surface area contributed by atoms with E-state index in [-0.39, 0.29) is 11.4 Å². The average molecular weight is 207 g/mol. The highest BCUT2D eigenvalue weighted by molar-refractivity contribution is 6.84. The number of benzene rings is 1. The molecule has 15 heavy (non-hydrogen) atoms. The van der Waals surface area contributed by atoms with Gasteiger partial charge in [0.25, 0.3) is 0 Å². The number of rotatable bonds is 5. The third-order valence-electron chi connectivity index (χ3n) is 2.28. The fourth-order valence-corrected chi connectivity index (χ4v) is 1.37. The van der Waals surface area contributed by atoms with Gasteiger partial charge in [-0.15, -0.1) is 0 Å². The van der Waals surface area contributed by atoms with Crippen molar-refractivity contribution in [2.24, 2.45) is 0 Å². The van der Waals surface area contributed by atoms with E-state index in [4.69, 9.17) is 5.73 Å². The second kappa shape index (κ2) is 5.54. The monoisotopic (exact) mass is 207 g/mol. The predicted octanol–water partition coefficient (Wildman–Crippen LogP) is 1.19. The number of nitrogen functional groups attached to an aromatic ring is 1. The van der Waals surface area contributed by atoms with Crippen LogP contribution in [0.5, 0.6) is 0 Å². The Bertz CT molecular complexity index is 354. The van der Waals surface area contributed by atoms with Crippen LogP contribution in [-0.2, 0) is 4.79 Å². The molecule has 1 rings (SSSR count). The first-order chi connectivity index (χ1) is 7.13. The van der Waals surface area contributed by atoms with Gasteiger partial charge in [0, 0.05) is 0 Å². The van der Waals surface area contributed by atoms with Gasteiger partial charge in [0.15, 0.2) is 0 Å². The molecule has 1 aromatic carbocycles. The number of anilines is 1. The van der Waals surface area contributed by atoms with Crippen molar-refractivity contribution in [1.82, 2.24) is 0 Å². The van der Waals surface area contributed by atoms with Crippen LogP contribution in [0.2, 0.25) is 0 Å². The lowest BCUT2D eigenvalue weighted by Crippen LogP contribution is -2.24. The quantitative estimate of drug-likeness (QED) is 0.582. The van der Waals surface area contributed by atoms with Crippen LogP contribution in [0.25, 0.3) is 0 Å². The number of carbonyl (C=O) groups excluding carboxylic acids is 1. The van der Waals surface area contributed by atoms with E-state index in [1.165, 1.54) is 12.1 Å². The van der Waals surface area contributed by atoms with Crippen LogP contribution < -0.4 is 11.2 Å². The van der Waals surface area contributed by atoms with Gasteiger partial charge >= 0.3 is 0 Å². The van der Waals surface area contributed by atoms with Crippen LogP contribution >= 0.6 is 0 Å². The second-order valence-corrected chi connectivity index (χ2v) is 3.67. The van der Waals surface area contributed by atoms with E-state index in [0.717, 1.165) is 12.8 Å². The molecule has 0 aliphatic heterocycles. The largest absolute Gasteiger partial charge is 0.396 e. The summed E-state index contributed by atoms with van der Waals surface area (Å²) in [5, 5.41) is 0. The highest BCUT2D eigenvalue weighted by Gasteiger charge is 2.07. The van der Waals surface area contributed by atoms with Gasteiger partial charge in [-0.2, -0.15) is 0 Å². The van der Waals surface area contributed by atoms with Crippen LogP contribution in [0.15, 0.2) is 18.2 Å². The topological polar surface area (TPSA) is 43.1 Å². The minimum absolute atomic E-state index is 0.125. The Labute approximate surface area is 89.9 Å². The Balaban J connectivity index is 2.57. The van der Waals surface area contributed by atoms with Crippen LogP contribution in [0.4, 0.5) is 10.1 Å². The van der Waals surface area contributed by atoms with Gasteiger partial charge in [-0.1, -0.05) is 24.9 Å². The summed E-state index contributed by atoms with van der Waals surface area (Å²) in [6.45, 7) is 2.04. The van der Waals surface area contributed by atoms with Gasteiger partial charge in [0.05, 0.1) is 11.4 Å². The third kappa shape index (κ3) is 3.74. The molecule has 2 N–H and O–H groups in total. The molecule has 2 nitrogen and oxygen atoms in total. The number of hydrogen-bond donors (Lipinski definition) is 1. The zero-order valence-electron chi connectivity index (χ0n) is 8.92. The molecular weight excluding hydrogens is 192 g/mol. The van der Waals surface area contributed by atoms with E-state index < -0.39 is 5.82 Å². The summed E-state index contributed by atoms with van der Waals surface area (Å²) in [4.78, 5) is 11.4. The van der Waals surface area contributed by atoms with Crippen LogP contribution in [0.1, 0.15) is 26.2 Å². The highest BCUT2D eigenvalue weighted by Crippen LogP contribution is 2.05. The average Bonchev–Trinajstić information content (AvgIpc) is 2.20. The smallest absolute Gasteiger partial charge is 0.239 e. The number of halogens is 1. The number of hydrogen-bond acceptors (Lipinski definition) is 2. The Morgan fingerprint density at radius 2 is 2.27 bits per heavy atom. The van der Waals surface area contributed by atoms with Crippen molar-refractivity contribution >= 4 is 24.1 Å². The van der Waals surface area contributed by atoms with Crippen molar-refractivity contribution in [2.45, 2.75) is 26.2 Å². The molecule has 0 atom stereocenters. The molecule has 0 saturated heterocycles. The van der Waals surface area contributed by atoms with Gasteiger partial charge in [-0.25, -0.2) is 4.39 Å². The number of nitrogens with two attached hydrogens (primary N) is 1.